The molecule has 6 heteroatoms. The topological polar surface area (TPSA) is 70.4 Å². The third-order valence-corrected chi connectivity index (χ3v) is 5.02. The Kier molecular flexibility index (Phi) is 5.68. The van der Waals surface area contributed by atoms with Gasteiger partial charge in [-0.2, -0.15) is 0 Å². The number of halogens is 1. The van der Waals surface area contributed by atoms with Crippen LogP contribution in [-0.4, -0.2) is 38.1 Å². The van der Waals surface area contributed by atoms with Crippen molar-refractivity contribution in [3.8, 4) is 0 Å². The summed E-state index contributed by atoms with van der Waals surface area (Å²) < 4.78 is 14.4. The summed E-state index contributed by atoms with van der Waals surface area (Å²) >= 11 is 0. The molecule has 1 amide bonds. The van der Waals surface area contributed by atoms with Crippen LogP contribution in [0.2, 0.25) is 0 Å². The number of benzene rings is 1. The molecule has 1 aliphatic carbocycles. The molecule has 132 valence electrons. The molecule has 5 nitrogen and oxygen atoms in total. The van der Waals surface area contributed by atoms with Crippen LogP contribution < -0.4 is 21.3 Å². The van der Waals surface area contributed by atoms with E-state index >= 15 is 0 Å². The van der Waals surface area contributed by atoms with Crippen molar-refractivity contribution < 1.29 is 9.18 Å². The fourth-order valence-corrected chi connectivity index (χ4v) is 3.62. The average Bonchev–Trinajstić information content (AvgIpc) is 2.60. The summed E-state index contributed by atoms with van der Waals surface area (Å²) in [5, 5.41) is 6.19. The van der Waals surface area contributed by atoms with Crippen LogP contribution in [0.4, 0.5) is 10.1 Å². The molecule has 24 heavy (non-hydrogen) atoms. The molecule has 1 saturated carbocycles. The van der Waals surface area contributed by atoms with Gasteiger partial charge in [0, 0.05) is 44.7 Å². The molecular weight excluding hydrogens is 307 g/mol. The lowest BCUT2D eigenvalue weighted by Gasteiger charge is -2.30. The van der Waals surface area contributed by atoms with Crippen LogP contribution in [0.25, 0.3) is 0 Å². The first-order valence-corrected chi connectivity index (χ1v) is 8.91. The SMILES string of the molecule is N[C@H]1CCC[C@@H](C(=O)NCc2ccc(N3CCNCC3)c(F)c2)C1. The summed E-state index contributed by atoms with van der Waals surface area (Å²) in [5.41, 5.74) is 7.37. The quantitative estimate of drug-likeness (QED) is 0.778. The Hall–Kier alpha value is -1.66. The molecule has 0 unspecified atom stereocenters. The minimum absolute atomic E-state index is 0.00119. The molecule has 1 saturated heterocycles. The van der Waals surface area contributed by atoms with Crippen molar-refractivity contribution in [3.05, 3.63) is 29.6 Å². The average molecular weight is 334 g/mol. The molecule has 0 aromatic heterocycles. The Bertz CT molecular complexity index is 574. The van der Waals surface area contributed by atoms with Crippen molar-refractivity contribution in [2.75, 3.05) is 31.1 Å². The fourth-order valence-electron chi connectivity index (χ4n) is 3.62. The van der Waals surface area contributed by atoms with Crippen molar-refractivity contribution >= 4 is 11.6 Å². The predicted octanol–water partition coefficient (Wildman–Crippen LogP) is 1.37. The second-order valence-corrected chi connectivity index (χ2v) is 6.86. The lowest BCUT2D eigenvalue weighted by Crippen LogP contribution is -2.43. The number of hydrogen-bond donors (Lipinski definition) is 3. The van der Waals surface area contributed by atoms with Crippen molar-refractivity contribution in [1.29, 1.82) is 0 Å². The molecule has 1 aliphatic heterocycles. The van der Waals surface area contributed by atoms with Crippen LogP contribution in [-0.2, 0) is 11.3 Å². The van der Waals surface area contributed by atoms with E-state index in [0.29, 0.717) is 12.2 Å². The Balaban J connectivity index is 1.55. The van der Waals surface area contributed by atoms with Gasteiger partial charge in [0.1, 0.15) is 5.82 Å². The van der Waals surface area contributed by atoms with Gasteiger partial charge < -0.3 is 21.3 Å². The minimum atomic E-state index is -0.219. The minimum Gasteiger partial charge on any atom is -0.367 e. The van der Waals surface area contributed by atoms with E-state index in [-0.39, 0.29) is 23.7 Å². The van der Waals surface area contributed by atoms with Crippen molar-refractivity contribution in [3.63, 3.8) is 0 Å². The van der Waals surface area contributed by atoms with Crippen LogP contribution in [0.1, 0.15) is 31.2 Å². The first kappa shape index (κ1) is 17.2. The molecule has 2 aliphatic rings. The molecular formula is C18H27FN4O. The molecule has 4 N–H and O–H groups in total. The van der Waals surface area contributed by atoms with Crippen molar-refractivity contribution in [1.82, 2.24) is 10.6 Å². The van der Waals surface area contributed by atoms with Gasteiger partial charge >= 0.3 is 0 Å². The zero-order chi connectivity index (χ0) is 16.9. The number of carbonyl (C=O) groups excluding carboxylic acids is 1. The number of nitrogens with two attached hydrogens (primary N) is 1. The van der Waals surface area contributed by atoms with E-state index in [1.165, 1.54) is 6.07 Å². The standard InChI is InChI=1S/C18H27FN4O/c19-16-10-13(4-5-17(16)23-8-6-21-7-9-23)12-22-18(24)14-2-1-3-15(20)11-14/h4-5,10,14-15,21H,1-3,6-9,11-12,20H2,(H,22,24)/t14-,15+/m1/s1. The molecule has 3 rings (SSSR count). The number of carbonyl (C=O) groups is 1. The lowest BCUT2D eigenvalue weighted by atomic mass is 9.85. The second-order valence-electron chi connectivity index (χ2n) is 6.86. The fraction of sp³-hybridized carbons (Fsp3) is 0.611. The summed E-state index contributed by atoms with van der Waals surface area (Å²) in [6.07, 6.45) is 3.66. The maximum atomic E-state index is 14.4. The van der Waals surface area contributed by atoms with Crippen molar-refractivity contribution in [2.45, 2.75) is 38.3 Å². The van der Waals surface area contributed by atoms with Crippen LogP contribution in [0.5, 0.6) is 0 Å². The highest BCUT2D eigenvalue weighted by Gasteiger charge is 2.25. The first-order chi connectivity index (χ1) is 11.6. The van der Waals surface area contributed by atoms with Gasteiger partial charge in [-0.25, -0.2) is 4.39 Å². The van der Waals surface area contributed by atoms with Crippen molar-refractivity contribution in [2.24, 2.45) is 11.7 Å². The van der Waals surface area contributed by atoms with E-state index in [9.17, 15) is 9.18 Å². The third kappa shape index (κ3) is 4.24. The number of piperazine rings is 1. The monoisotopic (exact) mass is 334 g/mol. The van der Waals surface area contributed by atoms with Gasteiger partial charge in [0.25, 0.3) is 0 Å². The Morgan fingerprint density at radius 1 is 1.33 bits per heavy atom. The highest BCUT2D eigenvalue weighted by molar-refractivity contribution is 5.78. The zero-order valence-electron chi connectivity index (χ0n) is 14.1. The first-order valence-electron chi connectivity index (χ1n) is 8.91. The molecule has 1 heterocycles. The predicted molar refractivity (Wildman–Crippen MR) is 93.3 cm³/mol. The summed E-state index contributed by atoms with van der Waals surface area (Å²) in [7, 11) is 0. The Morgan fingerprint density at radius 3 is 2.83 bits per heavy atom. The lowest BCUT2D eigenvalue weighted by molar-refractivity contribution is -0.126. The molecule has 0 bridgehead atoms. The van der Waals surface area contributed by atoms with E-state index in [4.69, 9.17) is 5.73 Å². The number of amides is 1. The van der Waals surface area contributed by atoms with E-state index in [1.807, 2.05) is 12.1 Å². The van der Waals surface area contributed by atoms with Gasteiger partial charge in [0.15, 0.2) is 0 Å². The van der Waals surface area contributed by atoms with Gasteiger partial charge in [0.2, 0.25) is 5.91 Å². The summed E-state index contributed by atoms with van der Waals surface area (Å²) in [6.45, 7) is 3.74. The van der Waals surface area contributed by atoms with E-state index < -0.39 is 0 Å². The van der Waals surface area contributed by atoms with E-state index in [0.717, 1.165) is 57.4 Å². The third-order valence-electron chi connectivity index (χ3n) is 5.02. The van der Waals surface area contributed by atoms with Gasteiger partial charge in [-0.15, -0.1) is 0 Å². The number of nitrogens with zero attached hydrogens (tertiary/aromatic N) is 1. The number of rotatable bonds is 4. The van der Waals surface area contributed by atoms with Crippen LogP contribution in [0.15, 0.2) is 18.2 Å². The maximum Gasteiger partial charge on any atom is 0.223 e. The summed E-state index contributed by atoms with van der Waals surface area (Å²) in [6, 6.07) is 5.38. The number of anilines is 1. The largest absolute Gasteiger partial charge is 0.367 e. The zero-order valence-corrected chi connectivity index (χ0v) is 14.1. The molecule has 1 aromatic rings. The molecule has 2 atom stereocenters. The van der Waals surface area contributed by atoms with Crippen LogP contribution in [0, 0.1) is 11.7 Å². The normalized spacial score (nSPS) is 24.7. The summed E-state index contributed by atoms with van der Waals surface area (Å²) in [4.78, 5) is 14.3. The van der Waals surface area contributed by atoms with E-state index in [1.54, 1.807) is 0 Å². The highest BCUT2D eigenvalue weighted by atomic mass is 19.1. The van der Waals surface area contributed by atoms with Crippen LogP contribution >= 0.6 is 0 Å². The molecule has 1 aromatic carbocycles. The van der Waals surface area contributed by atoms with Gasteiger partial charge in [-0.3, -0.25) is 4.79 Å². The molecule has 2 fully saturated rings. The van der Waals surface area contributed by atoms with Gasteiger partial charge in [-0.1, -0.05) is 12.5 Å². The maximum absolute atomic E-state index is 14.4. The Morgan fingerprint density at radius 2 is 2.12 bits per heavy atom. The second kappa shape index (κ2) is 7.94. The van der Waals surface area contributed by atoms with Crippen LogP contribution in [0.3, 0.4) is 0 Å². The Labute approximate surface area is 142 Å². The highest BCUT2D eigenvalue weighted by Crippen LogP contribution is 2.24. The smallest absolute Gasteiger partial charge is 0.223 e. The van der Waals surface area contributed by atoms with Gasteiger partial charge in [0.05, 0.1) is 5.69 Å². The van der Waals surface area contributed by atoms with E-state index in [2.05, 4.69) is 15.5 Å². The molecule has 0 spiro atoms. The number of hydrogen-bond acceptors (Lipinski definition) is 4. The summed E-state index contributed by atoms with van der Waals surface area (Å²) in [5.74, 6) is -0.182. The molecule has 0 radical (unpaired) electrons. The van der Waals surface area contributed by atoms with Gasteiger partial charge in [-0.05, 0) is 37.0 Å². The number of nitrogens with one attached hydrogen (secondary N) is 2.